The molecule has 1 aromatic rings. The average molecular weight is 264 g/mol. The predicted octanol–water partition coefficient (Wildman–Crippen LogP) is 2.17. The maximum atomic E-state index is 11.2. The standard InChI is InChI=1S/C14H24N4O/c1-3-5-9-18(10-6-4-2)14-11(15)7-8-12(17-14)13(16)19/h7-8H,3-6,9-10,15H2,1-2H3,(H2,16,19). The minimum Gasteiger partial charge on any atom is -0.396 e. The summed E-state index contributed by atoms with van der Waals surface area (Å²) in [5.74, 6) is 0.158. The van der Waals surface area contributed by atoms with Crippen LogP contribution in [-0.2, 0) is 0 Å². The Morgan fingerprint density at radius 1 is 1.21 bits per heavy atom. The van der Waals surface area contributed by atoms with E-state index in [-0.39, 0.29) is 5.69 Å². The van der Waals surface area contributed by atoms with Gasteiger partial charge in [0.15, 0.2) is 5.82 Å². The highest BCUT2D eigenvalue weighted by Gasteiger charge is 2.13. The van der Waals surface area contributed by atoms with Crippen LogP contribution in [0.25, 0.3) is 0 Å². The summed E-state index contributed by atoms with van der Waals surface area (Å²) in [5.41, 5.74) is 12.1. The molecule has 0 saturated carbocycles. The van der Waals surface area contributed by atoms with E-state index in [1.165, 1.54) is 0 Å². The second kappa shape index (κ2) is 7.61. The molecule has 0 fully saturated rings. The van der Waals surface area contributed by atoms with Crippen molar-refractivity contribution in [3.8, 4) is 0 Å². The van der Waals surface area contributed by atoms with Crippen LogP contribution < -0.4 is 16.4 Å². The molecule has 1 aromatic heterocycles. The van der Waals surface area contributed by atoms with Crippen molar-refractivity contribution in [3.05, 3.63) is 17.8 Å². The van der Waals surface area contributed by atoms with E-state index in [0.29, 0.717) is 11.5 Å². The van der Waals surface area contributed by atoms with Gasteiger partial charge in [0.2, 0.25) is 0 Å². The van der Waals surface area contributed by atoms with E-state index in [9.17, 15) is 4.79 Å². The van der Waals surface area contributed by atoms with Crippen LogP contribution in [0.1, 0.15) is 50.0 Å². The quantitative estimate of drug-likeness (QED) is 0.753. The molecule has 0 radical (unpaired) electrons. The number of nitrogen functional groups attached to an aromatic ring is 1. The van der Waals surface area contributed by atoms with Crippen LogP contribution in [-0.4, -0.2) is 24.0 Å². The molecule has 0 unspecified atom stereocenters. The molecule has 5 nitrogen and oxygen atoms in total. The molecule has 106 valence electrons. The van der Waals surface area contributed by atoms with Crippen molar-refractivity contribution in [3.63, 3.8) is 0 Å². The van der Waals surface area contributed by atoms with Gasteiger partial charge in [-0.05, 0) is 25.0 Å². The molecule has 0 aliphatic carbocycles. The van der Waals surface area contributed by atoms with Crippen molar-refractivity contribution in [2.24, 2.45) is 5.73 Å². The third-order valence-electron chi connectivity index (χ3n) is 3.02. The summed E-state index contributed by atoms with van der Waals surface area (Å²) in [6.45, 7) is 6.09. The monoisotopic (exact) mass is 264 g/mol. The Bertz CT molecular complexity index is 412. The fraction of sp³-hybridized carbons (Fsp3) is 0.571. The van der Waals surface area contributed by atoms with E-state index in [1.807, 2.05) is 0 Å². The number of amides is 1. The third-order valence-corrected chi connectivity index (χ3v) is 3.02. The summed E-state index contributed by atoms with van der Waals surface area (Å²) in [4.78, 5) is 17.7. The van der Waals surface area contributed by atoms with Gasteiger partial charge in [-0.1, -0.05) is 26.7 Å². The Kier molecular flexibility index (Phi) is 6.12. The highest BCUT2D eigenvalue weighted by Crippen LogP contribution is 2.21. The van der Waals surface area contributed by atoms with E-state index >= 15 is 0 Å². The molecular weight excluding hydrogens is 240 g/mol. The molecule has 19 heavy (non-hydrogen) atoms. The molecule has 1 heterocycles. The smallest absolute Gasteiger partial charge is 0.267 e. The fourth-order valence-electron chi connectivity index (χ4n) is 1.87. The molecular formula is C14H24N4O. The van der Waals surface area contributed by atoms with Crippen LogP contribution in [0, 0.1) is 0 Å². The van der Waals surface area contributed by atoms with E-state index in [0.717, 1.165) is 38.8 Å². The number of nitrogens with zero attached hydrogens (tertiary/aromatic N) is 2. The lowest BCUT2D eigenvalue weighted by Gasteiger charge is -2.25. The van der Waals surface area contributed by atoms with Gasteiger partial charge in [-0.15, -0.1) is 0 Å². The number of primary amides is 1. The maximum absolute atomic E-state index is 11.2. The largest absolute Gasteiger partial charge is 0.396 e. The van der Waals surface area contributed by atoms with Gasteiger partial charge in [0.1, 0.15) is 5.69 Å². The molecule has 0 atom stereocenters. The van der Waals surface area contributed by atoms with E-state index in [1.54, 1.807) is 12.1 Å². The van der Waals surface area contributed by atoms with Crippen molar-refractivity contribution < 1.29 is 4.79 Å². The lowest BCUT2D eigenvalue weighted by molar-refractivity contribution is 0.0995. The fourth-order valence-corrected chi connectivity index (χ4v) is 1.87. The van der Waals surface area contributed by atoms with Gasteiger partial charge in [0, 0.05) is 13.1 Å². The summed E-state index contributed by atoms with van der Waals surface area (Å²) in [5, 5.41) is 0. The van der Waals surface area contributed by atoms with Crippen molar-refractivity contribution in [1.29, 1.82) is 0 Å². The van der Waals surface area contributed by atoms with Gasteiger partial charge < -0.3 is 16.4 Å². The highest BCUT2D eigenvalue weighted by molar-refractivity contribution is 5.91. The van der Waals surface area contributed by atoms with E-state index in [4.69, 9.17) is 11.5 Å². The molecule has 1 rings (SSSR count). The minimum absolute atomic E-state index is 0.266. The van der Waals surface area contributed by atoms with Crippen LogP contribution in [0.3, 0.4) is 0 Å². The summed E-state index contributed by atoms with van der Waals surface area (Å²) in [7, 11) is 0. The second-order valence-corrected chi connectivity index (χ2v) is 4.67. The number of hydrogen-bond acceptors (Lipinski definition) is 4. The molecule has 0 aliphatic rings. The van der Waals surface area contributed by atoms with Gasteiger partial charge in [0.05, 0.1) is 5.69 Å². The number of hydrogen-bond donors (Lipinski definition) is 2. The number of anilines is 2. The van der Waals surface area contributed by atoms with Crippen LogP contribution in [0.4, 0.5) is 11.5 Å². The zero-order valence-corrected chi connectivity index (χ0v) is 11.9. The lowest BCUT2D eigenvalue weighted by Crippen LogP contribution is -2.28. The number of carbonyl (C=O) groups is 1. The Labute approximate surface area is 115 Å². The van der Waals surface area contributed by atoms with Gasteiger partial charge in [-0.3, -0.25) is 4.79 Å². The Morgan fingerprint density at radius 2 is 1.79 bits per heavy atom. The first-order chi connectivity index (χ1) is 9.10. The number of rotatable bonds is 8. The van der Waals surface area contributed by atoms with Gasteiger partial charge >= 0.3 is 0 Å². The minimum atomic E-state index is -0.521. The number of unbranched alkanes of at least 4 members (excludes halogenated alkanes) is 2. The Balaban J connectivity index is 2.97. The summed E-state index contributed by atoms with van der Waals surface area (Å²) in [6.07, 6.45) is 4.37. The SMILES string of the molecule is CCCCN(CCCC)c1nc(C(N)=O)ccc1N. The number of nitrogens with two attached hydrogens (primary N) is 2. The van der Waals surface area contributed by atoms with Crippen LogP contribution in [0.5, 0.6) is 0 Å². The molecule has 0 spiro atoms. The zero-order valence-electron chi connectivity index (χ0n) is 11.9. The summed E-state index contributed by atoms with van der Waals surface area (Å²) in [6, 6.07) is 3.27. The predicted molar refractivity (Wildman–Crippen MR) is 79.2 cm³/mol. The van der Waals surface area contributed by atoms with Crippen LogP contribution >= 0.6 is 0 Å². The number of aromatic nitrogens is 1. The topological polar surface area (TPSA) is 85.2 Å². The normalized spacial score (nSPS) is 10.4. The van der Waals surface area contributed by atoms with Crippen molar-refractivity contribution >= 4 is 17.4 Å². The van der Waals surface area contributed by atoms with Gasteiger partial charge in [0.25, 0.3) is 5.91 Å². The average Bonchev–Trinajstić information content (AvgIpc) is 2.40. The molecule has 0 saturated heterocycles. The highest BCUT2D eigenvalue weighted by atomic mass is 16.1. The van der Waals surface area contributed by atoms with Gasteiger partial charge in [-0.2, -0.15) is 0 Å². The van der Waals surface area contributed by atoms with E-state index < -0.39 is 5.91 Å². The third kappa shape index (κ3) is 4.43. The van der Waals surface area contributed by atoms with E-state index in [2.05, 4.69) is 23.7 Å². The first-order valence-electron chi connectivity index (χ1n) is 6.91. The van der Waals surface area contributed by atoms with Crippen molar-refractivity contribution in [2.75, 3.05) is 23.7 Å². The zero-order chi connectivity index (χ0) is 14.3. The van der Waals surface area contributed by atoms with Gasteiger partial charge in [-0.25, -0.2) is 4.98 Å². The molecule has 0 aliphatic heterocycles. The lowest BCUT2D eigenvalue weighted by atomic mass is 10.2. The maximum Gasteiger partial charge on any atom is 0.267 e. The Hall–Kier alpha value is -1.78. The van der Waals surface area contributed by atoms with Crippen molar-refractivity contribution in [1.82, 2.24) is 4.98 Å². The van der Waals surface area contributed by atoms with Crippen molar-refractivity contribution in [2.45, 2.75) is 39.5 Å². The molecule has 1 amide bonds. The number of pyridine rings is 1. The van der Waals surface area contributed by atoms with Crippen LogP contribution in [0.2, 0.25) is 0 Å². The Morgan fingerprint density at radius 3 is 2.26 bits per heavy atom. The summed E-state index contributed by atoms with van der Waals surface area (Å²) >= 11 is 0. The molecule has 5 heteroatoms. The molecule has 0 bridgehead atoms. The summed E-state index contributed by atoms with van der Waals surface area (Å²) < 4.78 is 0. The number of carbonyl (C=O) groups excluding carboxylic acids is 1. The molecule has 0 aromatic carbocycles. The second-order valence-electron chi connectivity index (χ2n) is 4.67. The van der Waals surface area contributed by atoms with Crippen LogP contribution in [0.15, 0.2) is 12.1 Å². The first-order valence-corrected chi connectivity index (χ1v) is 6.91. The first kappa shape index (κ1) is 15.3. The molecule has 4 N–H and O–H groups in total.